The molecule has 3 fully saturated rings. The molecule has 27 heavy (non-hydrogen) atoms. The highest BCUT2D eigenvalue weighted by Gasteiger charge is 2.78. The van der Waals surface area contributed by atoms with Gasteiger partial charge < -0.3 is 9.80 Å². The van der Waals surface area contributed by atoms with Crippen molar-refractivity contribution in [3.63, 3.8) is 0 Å². The van der Waals surface area contributed by atoms with Gasteiger partial charge in [0.2, 0.25) is 17.5 Å². The van der Waals surface area contributed by atoms with E-state index in [0.717, 1.165) is 5.69 Å². The topological polar surface area (TPSA) is 57.7 Å². The molecule has 0 N–H and O–H groups in total. The quantitative estimate of drug-likeness (QED) is 0.577. The molecule has 2 saturated carbocycles. The molecule has 0 unspecified atom stereocenters. The maximum Gasteiger partial charge on any atom is 0.237 e. The van der Waals surface area contributed by atoms with Crippen LogP contribution < -0.4 is 4.90 Å². The molecular formula is C21H25ClN2O3. The molecule has 0 radical (unpaired) electrons. The highest BCUT2D eigenvalue weighted by molar-refractivity contribution is 6.48. The molecule has 144 valence electrons. The number of Topliss-reactive ketones (excluding diaryl/α,β-unsaturated/α-hetero) is 2. The van der Waals surface area contributed by atoms with Crippen LogP contribution in [0.4, 0.5) is 5.69 Å². The molecule has 5 nitrogen and oxygen atoms in total. The molecule has 0 aromatic heterocycles. The molecule has 0 spiro atoms. The maximum atomic E-state index is 13.5. The van der Waals surface area contributed by atoms with E-state index in [1.165, 1.54) is 0 Å². The Bertz CT molecular complexity index is 844. The van der Waals surface area contributed by atoms with E-state index in [4.69, 9.17) is 11.6 Å². The molecule has 1 heterocycles. The standard InChI is InChI=1S/C21H25ClN2O3/c1-19(2)20(3)7-8-21(19,17(26)16(20)25)18(27)24-11-9-23(10-12-24)15-6-4-5-14(22)13-15/h4-6,13H,7-12H2,1-3H3/t20-,21+/m1/s1. The van der Waals surface area contributed by atoms with Crippen LogP contribution >= 0.6 is 11.6 Å². The minimum Gasteiger partial charge on any atom is -0.368 e. The second kappa shape index (κ2) is 5.81. The van der Waals surface area contributed by atoms with Crippen LogP contribution in [-0.4, -0.2) is 48.6 Å². The number of benzene rings is 1. The lowest BCUT2D eigenvalue weighted by Gasteiger charge is -2.43. The predicted molar refractivity (Wildman–Crippen MR) is 104 cm³/mol. The molecule has 1 aromatic carbocycles. The van der Waals surface area contributed by atoms with Crippen molar-refractivity contribution in [2.75, 3.05) is 31.1 Å². The fourth-order valence-corrected chi connectivity index (χ4v) is 5.54. The number of hydrogen-bond acceptors (Lipinski definition) is 4. The monoisotopic (exact) mass is 388 g/mol. The first-order valence-corrected chi connectivity index (χ1v) is 9.92. The van der Waals surface area contributed by atoms with Crippen molar-refractivity contribution in [2.24, 2.45) is 16.2 Å². The summed E-state index contributed by atoms with van der Waals surface area (Å²) in [6.45, 7) is 8.14. The fraction of sp³-hybridized carbons (Fsp3) is 0.571. The van der Waals surface area contributed by atoms with Crippen molar-refractivity contribution in [3.8, 4) is 0 Å². The number of fused-ring (bicyclic) bond motifs is 2. The van der Waals surface area contributed by atoms with Gasteiger partial charge in [0.05, 0.1) is 0 Å². The normalized spacial score (nSPS) is 32.3. The minimum atomic E-state index is -1.18. The van der Waals surface area contributed by atoms with Crippen LogP contribution in [0.1, 0.15) is 33.6 Å². The van der Waals surface area contributed by atoms with Gasteiger partial charge in [0.15, 0.2) is 0 Å². The second-order valence-electron chi connectivity index (χ2n) is 8.78. The smallest absolute Gasteiger partial charge is 0.237 e. The number of amides is 1. The zero-order chi connectivity index (χ0) is 19.6. The maximum absolute atomic E-state index is 13.5. The van der Waals surface area contributed by atoms with E-state index in [9.17, 15) is 14.4 Å². The van der Waals surface area contributed by atoms with Crippen molar-refractivity contribution in [2.45, 2.75) is 33.6 Å². The summed E-state index contributed by atoms with van der Waals surface area (Å²) in [5, 5.41) is 0.687. The Kier molecular flexibility index (Phi) is 3.97. The number of hydrogen-bond donors (Lipinski definition) is 0. The zero-order valence-electron chi connectivity index (χ0n) is 16.0. The van der Waals surface area contributed by atoms with Crippen molar-refractivity contribution in [3.05, 3.63) is 29.3 Å². The summed E-state index contributed by atoms with van der Waals surface area (Å²) in [6.07, 6.45) is 1.09. The van der Waals surface area contributed by atoms with E-state index in [0.29, 0.717) is 44.0 Å². The molecule has 1 aliphatic heterocycles. The number of rotatable bonds is 2. The van der Waals surface area contributed by atoms with E-state index >= 15 is 0 Å². The Hall–Kier alpha value is -1.88. The average molecular weight is 389 g/mol. The summed E-state index contributed by atoms with van der Waals surface area (Å²) in [4.78, 5) is 43.0. The number of carbonyl (C=O) groups excluding carboxylic acids is 3. The number of ketones is 2. The summed E-state index contributed by atoms with van der Waals surface area (Å²) in [6, 6.07) is 7.68. The van der Waals surface area contributed by atoms with Gasteiger partial charge in [-0.3, -0.25) is 14.4 Å². The Labute approximate surface area is 164 Å². The van der Waals surface area contributed by atoms with E-state index < -0.39 is 22.0 Å². The SMILES string of the molecule is CC1(C)[C@@]2(C(=O)N3CCN(c4cccc(Cl)c4)CC3)CC[C@]1(C)C(=O)C2=O. The molecule has 1 saturated heterocycles. The van der Waals surface area contributed by atoms with Gasteiger partial charge in [-0.1, -0.05) is 38.4 Å². The Morgan fingerprint density at radius 2 is 1.67 bits per heavy atom. The Balaban J connectivity index is 1.55. The van der Waals surface area contributed by atoms with Crippen molar-refractivity contribution < 1.29 is 14.4 Å². The van der Waals surface area contributed by atoms with Gasteiger partial charge in [0.25, 0.3) is 0 Å². The van der Waals surface area contributed by atoms with Crippen LogP contribution in [0.15, 0.2) is 24.3 Å². The number of carbonyl (C=O) groups is 3. The summed E-state index contributed by atoms with van der Waals surface area (Å²) in [5.41, 5.74) is -1.51. The first-order chi connectivity index (χ1) is 12.6. The lowest BCUT2D eigenvalue weighted by molar-refractivity contribution is -0.155. The fourth-order valence-electron chi connectivity index (χ4n) is 5.35. The summed E-state index contributed by atoms with van der Waals surface area (Å²) in [7, 11) is 0. The highest BCUT2D eigenvalue weighted by Crippen LogP contribution is 2.69. The molecular weight excluding hydrogens is 364 g/mol. The van der Waals surface area contributed by atoms with Gasteiger partial charge >= 0.3 is 0 Å². The number of halogens is 1. The Morgan fingerprint density at radius 3 is 2.22 bits per heavy atom. The number of anilines is 1. The van der Waals surface area contributed by atoms with Crippen molar-refractivity contribution in [1.29, 1.82) is 0 Å². The molecule has 2 aliphatic carbocycles. The van der Waals surface area contributed by atoms with Gasteiger partial charge in [-0.05, 0) is 36.5 Å². The van der Waals surface area contributed by atoms with Crippen LogP contribution in [0.5, 0.6) is 0 Å². The van der Waals surface area contributed by atoms with Crippen molar-refractivity contribution in [1.82, 2.24) is 4.90 Å². The van der Waals surface area contributed by atoms with Gasteiger partial charge in [-0.25, -0.2) is 0 Å². The van der Waals surface area contributed by atoms with E-state index in [1.54, 1.807) is 4.90 Å². The van der Waals surface area contributed by atoms with Crippen LogP contribution in [0.2, 0.25) is 5.02 Å². The summed E-state index contributed by atoms with van der Waals surface area (Å²) >= 11 is 6.08. The molecule has 1 aromatic rings. The van der Waals surface area contributed by atoms with E-state index in [1.807, 2.05) is 45.0 Å². The summed E-state index contributed by atoms with van der Waals surface area (Å²) in [5.74, 6) is -0.981. The van der Waals surface area contributed by atoms with Gasteiger partial charge in [-0.15, -0.1) is 0 Å². The molecule has 3 aliphatic rings. The van der Waals surface area contributed by atoms with Crippen LogP contribution in [0.25, 0.3) is 0 Å². The third-order valence-corrected chi connectivity index (χ3v) is 7.88. The first-order valence-electron chi connectivity index (χ1n) is 9.54. The first kappa shape index (κ1) is 18.5. The van der Waals surface area contributed by atoms with Gasteiger partial charge in [0, 0.05) is 42.3 Å². The van der Waals surface area contributed by atoms with Crippen molar-refractivity contribution >= 4 is 34.8 Å². The third kappa shape index (κ3) is 2.21. The Morgan fingerprint density at radius 1 is 1.00 bits per heavy atom. The summed E-state index contributed by atoms with van der Waals surface area (Å²) < 4.78 is 0. The van der Waals surface area contributed by atoms with E-state index in [-0.39, 0.29) is 11.7 Å². The lowest BCUT2D eigenvalue weighted by Crippen LogP contribution is -2.57. The minimum absolute atomic E-state index is 0.155. The third-order valence-electron chi connectivity index (χ3n) is 7.65. The molecule has 2 bridgehead atoms. The van der Waals surface area contributed by atoms with Gasteiger partial charge in [0.1, 0.15) is 5.41 Å². The molecule has 2 atom stereocenters. The van der Waals surface area contributed by atoms with Crippen LogP contribution in [0.3, 0.4) is 0 Å². The van der Waals surface area contributed by atoms with Gasteiger partial charge in [-0.2, -0.15) is 0 Å². The predicted octanol–water partition coefficient (Wildman–Crippen LogP) is 2.95. The zero-order valence-corrected chi connectivity index (χ0v) is 16.8. The highest BCUT2D eigenvalue weighted by atomic mass is 35.5. The van der Waals surface area contributed by atoms with Crippen LogP contribution in [0, 0.1) is 16.2 Å². The van der Waals surface area contributed by atoms with Crippen LogP contribution in [-0.2, 0) is 14.4 Å². The lowest BCUT2D eigenvalue weighted by atomic mass is 9.64. The molecule has 4 rings (SSSR count). The second-order valence-corrected chi connectivity index (χ2v) is 9.22. The largest absolute Gasteiger partial charge is 0.368 e. The van der Waals surface area contributed by atoms with E-state index in [2.05, 4.69) is 4.90 Å². The number of piperazine rings is 1. The molecule has 1 amide bonds. The molecule has 6 heteroatoms. The number of nitrogens with zero attached hydrogens (tertiary/aromatic N) is 2. The average Bonchev–Trinajstić information content (AvgIpc) is 2.93.